The van der Waals surface area contributed by atoms with E-state index in [0.717, 1.165) is 11.1 Å². The van der Waals surface area contributed by atoms with E-state index in [9.17, 15) is 14.7 Å². The number of ether oxygens (including phenoxy) is 1. The van der Waals surface area contributed by atoms with Crippen molar-refractivity contribution in [2.75, 3.05) is 6.54 Å². The Morgan fingerprint density at radius 2 is 1.84 bits per heavy atom. The molecule has 0 atom stereocenters. The Hall–Kier alpha value is -2.30. The third-order valence-electron chi connectivity index (χ3n) is 5.21. The summed E-state index contributed by atoms with van der Waals surface area (Å²) in [6.45, 7) is 2.57. The van der Waals surface area contributed by atoms with Crippen LogP contribution in [0.4, 0.5) is 5.69 Å². The van der Waals surface area contributed by atoms with Gasteiger partial charge in [0.05, 0.1) is 35.1 Å². The van der Waals surface area contributed by atoms with Gasteiger partial charge in [0.15, 0.2) is 5.17 Å². The van der Waals surface area contributed by atoms with E-state index in [1.807, 2.05) is 25.1 Å². The minimum Gasteiger partial charge on any atom is -0.487 e. The zero-order valence-electron chi connectivity index (χ0n) is 19.2. The van der Waals surface area contributed by atoms with E-state index in [-0.39, 0.29) is 18.1 Å². The Balaban J connectivity index is 1.56. The molecular formula is C26H18Br2Cl2N2O4S. The fourth-order valence-electron chi connectivity index (χ4n) is 3.43. The number of rotatable bonds is 7. The van der Waals surface area contributed by atoms with Gasteiger partial charge >= 0.3 is 5.97 Å². The first-order valence-corrected chi connectivity index (χ1v) is 14.0. The van der Waals surface area contributed by atoms with E-state index in [2.05, 4.69) is 36.9 Å². The van der Waals surface area contributed by atoms with Crippen molar-refractivity contribution < 1.29 is 19.4 Å². The second kappa shape index (κ2) is 12.0. The lowest BCUT2D eigenvalue weighted by Crippen LogP contribution is -2.28. The van der Waals surface area contributed by atoms with Crippen LogP contribution in [-0.2, 0) is 11.4 Å². The van der Waals surface area contributed by atoms with E-state index in [4.69, 9.17) is 27.9 Å². The van der Waals surface area contributed by atoms with Gasteiger partial charge in [-0.1, -0.05) is 35.3 Å². The average molecular weight is 685 g/mol. The Kier molecular flexibility index (Phi) is 9.03. The number of aromatic carboxylic acids is 1. The quantitative estimate of drug-likeness (QED) is 0.253. The first kappa shape index (κ1) is 27.7. The summed E-state index contributed by atoms with van der Waals surface area (Å²) in [6, 6.07) is 15.3. The molecule has 1 aliphatic rings. The number of carbonyl (C=O) groups is 2. The largest absolute Gasteiger partial charge is 0.487 e. The maximum atomic E-state index is 13.1. The molecule has 0 spiro atoms. The molecule has 0 unspecified atom stereocenters. The van der Waals surface area contributed by atoms with Gasteiger partial charge in [0.25, 0.3) is 5.91 Å². The van der Waals surface area contributed by atoms with E-state index in [1.54, 1.807) is 35.2 Å². The SMILES string of the molecule is CCN1C(=O)/C(=C/c2cc(Br)c(OCc3ccc(Cl)c(Cl)c3)c(Br)c2)SC1=Nc1cccc(C(=O)O)c1. The lowest BCUT2D eigenvalue weighted by Gasteiger charge is -2.12. The summed E-state index contributed by atoms with van der Waals surface area (Å²) in [5.41, 5.74) is 2.24. The summed E-state index contributed by atoms with van der Waals surface area (Å²) >= 11 is 20.4. The van der Waals surface area contributed by atoms with Crippen LogP contribution in [0.3, 0.4) is 0 Å². The summed E-state index contributed by atoms with van der Waals surface area (Å²) in [5.74, 6) is -0.604. The second-order valence-electron chi connectivity index (χ2n) is 7.76. The van der Waals surface area contributed by atoms with Crippen molar-refractivity contribution in [1.82, 2.24) is 4.90 Å². The van der Waals surface area contributed by atoms with Crippen LogP contribution >= 0.6 is 66.8 Å². The van der Waals surface area contributed by atoms with Gasteiger partial charge in [-0.15, -0.1) is 0 Å². The van der Waals surface area contributed by atoms with Gasteiger partial charge in [-0.3, -0.25) is 9.69 Å². The fraction of sp³-hybridized carbons (Fsp3) is 0.115. The Morgan fingerprint density at radius 1 is 1.11 bits per heavy atom. The zero-order chi connectivity index (χ0) is 26.7. The molecule has 1 heterocycles. The van der Waals surface area contributed by atoms with Gasteiger partial charge in [-0.2, -0.15) is 0 Å². The van der Waals surface area contributed by atoms with Crippen LogP contribution in [0.1, 0.15) is 28.4 Å². The Labute approximate surface area is 244 Å². The van der Waals surface area contributed by atoms with Crippen LogP contribution in [0.2, 0.25) is 10.0 Å². The molecule has 1 fully saturated rings. The van der Waals surface area contributed by atoms with Crippen molar-refractivity contribution in [1.29, 1.82) is 0 Å². The van der Waals surface area contributed by atoms with Gasteiger partial charge in [0, 0.05) is 6.54 Å². The fourth-order valence-corrected chi connectivity index (χ4v) is 6.26. The van der Waals surface area contributed by atoms with Crippen LogP contribution in [-0.4, -0.2) is 33.6 Å². The smallest absolute Gasteiger partial charge is 0.335 e. The van der Waals surface area contributed by atoms with E-state index in [1.165, 1.54) is 23.9 Å². The van der Waals surface area contributed by atoms with E-state index < -0.39 is 5.97 Å². The van der Waals surface area contributed by atoms with Crippen molar-refractivity contribution in [2.45, 2.75) is 13.5 Å². The molecule has 0 saturated carbocycles. The van der Waals surface area contributed by atoms with Crippen molar-refractivity contribution >= 4 is 95.6 Å². The van der Waals surface area contributed by atoms with Gasteiger partial charge in [-0.25, -0.2) is 9.79 Å². The molecule has 1 aliphatic heterocycles. The van der Waals surface area contributed by atoms with Crippen LogP contribution < -0.4 is 4.74 Å². The van der Waals surface area contributed by atoms with Gasteiger partial charge in [-0.05, 0) is 110 Å². The molecule has 0 aromatic heterocycles. The minimum atomic E-state index is -1.04. The van der Waals surface area contributed by atoms with Gasteiger partial charge in [0.1, 0.15) is 12.4 Å². The van der Waals surface area contributed by atoms with Gasteiger partial charge < -0.3 is 9.84 Å². The van der Waals surface area contributed by atoms with E-state index >= 15 is 0 Å². The van der Waals surface area contributed by atoms with Crippen molar-refractivity contribution in [3.8, 4) is 5.75 Å². The molecule has 0 aliphatic carbocycles. The molecule has 0 bridgehead atoms. The summed E-state index contributed by atoms with van der Waals surface area (Å²) in [6.07, 6.45) is 1.78. The predicted octanol–water partition coefficient (Wildman–Crippen LogP) is 8.42. The number of carboxylic acids is 1. The molecule has 4 rings (SSSR count). The first-order chi connectivity index (χ1) is 17.7. The Bertz CT molecular complexity index is 1440. The first-order valence-electron chi connectivity index (χ1n) is 10.9. The highest BCUT2D eigenvalue weighted by molar-refractivity contribution is 9.11. The van der Waals surface area contributed by atoms with E-state index in [0.29, 0.717) is 47.0 Å². The van der Waals surface area contributed by atoms with Crippen LogP contribution in [0, 0.1) is 0 Å². The number of amidine groups is 1. The lowest BCUT2D eigenvalue weighted by atomic mass is 10.2. The molecule has 3 aromatic carbocycles. The number of likely N-dealkylation sites (N-methyl/N-ethyl adjacent to an activating group) is 1. The molecule has 190 valence electrons. The molecule has 11 heteroatoms. The average Bonchev–Trinajstić information content (AvgIpc) is 3.14. The molecular weight excluding hydrogens is 667 g/mol. The number of benzene rings is 3. The number of carboxylic acid groups (broad SMARTS) is 1. The standard InChI is InChI=1S/C26H18Br2Cl2N2O4S/c1-2-32-24(33)22(37-26(32)31-17-5-3-4-16(12-17)25(34)35)11-15-8-18(27)23(19(28)9-15)36-13-14-6-7-20(29)21(30)10-14/h3-12H,2,13H2,1H3,(H,34,35)/b22-11-,31-26?. The number of nitrogens with zero attached hydrogens (tertiary/aromatic N) is 2. The van der Waals surface area contributed by atoms with Crippen LogP contribution in [0.25, 0.3) is 6.08 Å². The van der Waals surface area contributed by atoms with Crippen molar-refractivity contribution in [2.24, 2.45) is 4.99 Å². The van der Waals surface area contributed by atoms with Gasteiger partial charge in [0.2, 0.25) is 0 Å². The highest BCUT2D eigenvalue weighted by atomic mass is 79.9. The number of halogens is 4. The monoisotopic (exact) mass is 682 g/mol. The lowest BCUT2D eigenvalue weighted by molar-refractivity contribution is -0.122. The molecule has 37 heavy (non-hydrogen) atoms. The molecule has 0 radical (unpaired) electrons. The van der Waals surface area contributed by atoms with Crippen molar-refractivity contribution in [3.63, 3.8) is 0 Å². The molecule has 1 amide bonds. The number of hydrogen-bond acceptors (Lipinski definition) is 5. The zero-order valence-corrected chi connectivity index (χ0v) is 24.7. The third kappa shape index (κ3) is 6.59. The van der Waals surface area contributed by atoms with Crippen molar-refractivity contribution in [3.05, 3.63) is 95.2 Å². The summed E-state index contributed by atoms with van der Waals surface area (Å²) in [4.78, 5) is 30.9. The maximum absolute atomic E-state index is 13.1. The summed E-state index contributed by atoms with van der Waals surface area (Å²) < 4.78 is 7.39. The highest BCUT2D eigenvalue weighted by Gasteiger charge is 2.32. The number of amides is 1. The second-order valence-corrected chi connectivity index (χ2v) is 11.3. The highest BCUT2D eigenvalue weighted by Crippen LogP contribution is 2.39. The predicted molar refractivity (Wildman–Crippen MR) is 156 cm³/mol. The Morgan fingerprint density at radius 3 is 2.49 bits per heavy atom. The normalized spacial score (nSPS) is 15.6. The molecule has 6 nitrogen and oxygen atoms in total. The molecule has 1 N–H and O–H groups in total. The third-order valence-corrected chi connectivity index (χ3v) is 8.13. The van der Waals surface area contributed by atoms with Crippen LogP contribution in [0.5, 0.6) is 5.75 Å². The molecule has 1 saturated heterocycles. The van der Waals surface area contributed by atoms with Crippen LogP contribution in [0.15, 0.2) is 73.4 Å². The summed E-state index contributed by atoms with van der Waals surface area (Å²) in [7, 11) is 0. The topological polar surface area (TPSA) is 79.2 Å². The maximum Gasteiger partial charge on any atom is 0.335 e. The number of thioether (sulfide) groups is 1. The number of hydrogen-bond donors (Lipinski definition) is 1. The molecule has 3 aromatic rings. The number of carbonyl (C=O) groups excluding carboxylic acids is 1. The summed E-state index contributed by atoms with van der Waals surface area (Å²) in [5, 5.41) is 10.7. The minimum absolute atomic E-state index is 0.131. The number of aliphatic imine (C=N–C) groups is 1.